The number of halogens is 1. The molecule has 112 valence electrons. The van der Waals surface area contributed by atoms with Crippen molar-refractivity contribution in [1.82, 2.24) is 10.3 Å². The lowest BCUT2D eigenvalue weighted by molar-refractivity contribution is 0.328. The fourth-order valence-corrected chi connectivity index (χ4v) is 3.03. The SMILES string of the molecule is Cc1ccnc(N2CCC(CNC(C)(C)C)CC2)c1Br. The third kappa shape index (κ3) is 4.19. The lowest BCUT2D eigenvalue weighted by Crippen LogP contribution is -2.43. The Morgan fingerprint density at radius 2 is 2.00 bits per heavy atom. The van der Waals surface area contributed by atoms with Gasteiger partial charge in [-0.2, -0.15) is 0 Å². The van der Waals surface area contributed by atoms with Gasteiger partial charge in [0.2, 0.25) is 0 Å². The van der Waals surface area contributed by atoms with Gasteiger partial charge in [0.15, 0.2) is 0 Å². The number of rotatable bonds is 3. The van der Waals surface area contributed by atoms with Crippen LogP contribution in [0.5, 0.6) is 0 Å². The Morgan fingerprint density at radius 3 is 2.60 bits per heavy atom. The molecule has 1 fully saturated rings. The fourth-order valence-electron chi connectivity index (χ4n) is 2.55. The molecule has 0 bridgehead atoms. The molecular weight excluding hydrogens is 314 g/mol. The Kier molecular flexibility index (Phi) is 5.08. The molecule has 3 nitrogen and oxygen atoms in total. The fraction of sp³-hybridized carbons (Fsp3) is 0.688. The summed E-state index contributed by atoms with van der Waals surface area (Å²) in [6.45, 7) is 12.1. The van der Waals surface area contributed by atoms with Gasteiger partial charge in [0.1, 0.15) is 5.82 Å². The van der Waals surface area contributed by atoms with Gasteiger partial charge in [0, 0.05) is 24.8 Å². The molecule has 0 radical (unpaired) electrons. The van der Waals surface area contributed by atoms with E-state index < -0.39 is 0 Å². The highest BCUT2D eigenvalue weighted by Crippen LogP contribution is 2.30. The van der Waals surface area contributed by atoms with E-state index in [1.54, 1.807) is 0 Å². The molecule has 1 aliphatic rings. The molecule has 0 amide bonds. The monoisotopic (exact) mass is 339 g/mol. The van der Waals surface area contributed by atoms with Crippen molar-refractivity contribution in [1.29, 1.82) is 0 Å². The molecule has 0 unspecified atom stereocenters. The van der Waals surface area contributed by atoms with E-state index in [4.69, 9.17) is 0 Å². The van der Waals surface area contributed by atoms with Crippen LogP contribution in [0.3, 0.4) is 0 Å². The van der Waals surface area contributed by atoms with E-state index in [9.17, 15) is 0 Å². The number of hydrogen-bond acceptors (Lipinski definition) is 3. The predicted molar refractivity (Wildman–Crippen MR) is 89.4 cm³/mol. The second-order valence-corrected chi connectivity index (χ2v) is 7.62. The number of nitrogens with one attached hydrogen (secondary N) is 1. The van der Waals surface area contributed by atoms with Crippen molar-refractivity contribution in [3.8, 4) is 0 Å². The maximum absolute atomic E-state index is 4.54. The lowest BCUT2D eigenvalue weighted by Gasteiger charge is -2.35. The summed E-state index contributed by atoms with van der Waals surface area (Å²) in [6.07, 6.45) is 4.39. The van der Waals surface area contributed by atoms with Gasteiger partial charge in [-0.3, -0.25) is 0 Å². The molecule has 0 spiro atoms. The topological polar surface area (TPSA) is 28.2 Å². The number of hydrogen-bond donors (Lipinski definition) is 1. The van der Waals surface area contributed by atoms with E-state index in [0.717, 1.165) is 35.8 Å². The quantitative estimate of drug-likeness (QED) is 0.908. The number of anilines is 1. The molecule has 2 heterocycles. The zero-order valence-electron chi connectivity index (χ0n) is 13.0. The van der Waals surface area contributed by atoms with Crippen LogP contribution in [0.1, 0.15) is 39.2 Å². The van der Waals surface area contributed by atoms with Crippen LogP contribution in [0.4, 0.5) is 5.82 Å². The van der Waals surface area contributed by atoms with Gasteiger partial charge in [0.05, 0.1) is 4.47 Å². The minimum atomic E-state index is 0.220. The van der Waals surface area contributed by atoms with Gasteiger partial charge in [0.25, 0.3) is 0 Å². The van der Waals surface area contributed by atoms with Crippen molar-refractivity contribution < 1.29 is 0 Å². The molecule has 1 saturated heterocycles. The van der Waals surface area contributed by atoms with Crippen LogP contribution in [0.2, 0.25) is 0 Å². The normalized spacial score (nSPS) is 17.6. The predicted octanol–water partition coefficient (Wildman–Crippen LogP) is 3.76. The first kappa shape index (κ1) is 15.8. The van der Waals surface area contributed by atoms with Gasteiger partial charge < -0.3 is 10.2 Å². The summed E-state index contributed by atoms with van der Waals surface area (Å²) in [5.41, 5.74) is 1.48. The number of nitrogens with zero attached hydrogens (tertiary/aromatic N) is 2. The van der Waals surface area contributed by atoms with Crippen LogP contribution in [0, 0.1) is 12.8 Å². The molecule has 1 aliphatic heterocycles. The van der Waals surface area contributed by atoms with Crippen LogP contribution >= 0.6 is 15.9 Å². The number of aryl methyl sites for hydroxylation is 1. The van der Waals surface area contributed by atoms with E-state index in [0.29, 0.717) is 0 Å². The first-order valence-corrected chi connectivity index (χ1v) is 8.27. The maximum atomic E-state index is 4.54. The molecule has 4 heteroatoms. The average molecular weight is 340 g/mol. The minimum Gasteiger partial charge on any atom is -0.356 e. The van der Waals surface area contributed by atoms with E-state index in [1.807, 2.05) is 12.3 Å². The third-order valence-corrected chi connectivity index (χ3v) is 4.88. The Hall–Kier alpha value is -0.610. The molecular formula is C16H26BrN3. The summed E-state index contributed by atoms with van der Waals surface area (Å²) in [5, 5.41) is 3.62. The first-order valence-electron chi connectivity index (χ1n) is 7.48. The summed E-state index contributed by atoms with van der Waals surface area (Å²) in [4.78, 5) is 6.94. The number of piperidine rings is 1. The van der Waals surface area contributed by atoms with Crippen molar-refractivity contribution in [3.63, 3.8) is 0 Å². The Balaban J connectivity index is 1.90. The minimum absolute atomic E-state index is 0.220. The molecule has 0 atom stereocenters. The lowest BCUT2D eigenvalue weighted by atomic mass is 9.95. The Bertz CT molecular complexity index is 446. The Labute approximate surface area is 131 Å². The molecule has 2 rings (SSSR count). The highest BCUT2D eigenvalue weighted by atomic mass is 79.9. The Morgan fingerprint density at radius 1 is 1.35 bits per heavy atom. The molecule has 0 aliphatic carbocycles. The summed E-state index contributed by atoms with van der Waals surface area (Å²) in [6, 6.07) is 2.05. The zero-order valence-corrected chi connectivity index (χ0v) is 14.6. The summed E-state index contributed by atoms with van der Waals surface area (Å²) in [5.74, 6) is 1.89. The van der Waals surface area contributed by atoms with Gasteiger partial charge >= 0.3 is 0 Å². The molecule has 1 N–H and O–H groups in total. The average Bonchev–Trinajstić information content (AvgIpc) is 2.40. The summed E-state index contributed by atoms with van der Waals surface area (Å²) < 4.78 is 1.14. The van der Waals surface area contributed by atoms with E-state index in [2.05, 4.69) is 58.8 Å². The van der Waals surface area contributed by atoms with Gasteiger partial charge in [-0.15, -0.1) is 0 Å². The van der Waals surface area contributed by atoms with Gasteiger partial charge in [-0.05, 0) is 80.6 Å². The van der Waals surface area contributed by atoms with Gasteiger partial charge in [-0.25, -0.2) is 4.98 Å². The number of aromatic nitrogens is 1. The summed E-state index contributed by atoms with van der Waals surface area (Å²) in [7, 11) is 0. The van der Waals surface area contributed by atoms with Crippen molar-refractivity contribution in [3.05, 3.63) is 22.3 Å². The summed E-state index contributed by atoms with van der Waals surface area (Å²) >= 11 is 3.67. The first-order chi connectivity index (χ1) is 9.37. The molecule has 0 aromatic carbocycles. The van der Waals surface area contributed by atoms with Crippen LogP contribution in [-0.2, 0) is 0 Å². The third-order valence-electron chi connectivity index (χ3n) is 3.90. The maximum Gasteiger partial charge on any atom is 0.143 e. The van der Waals surface area contributed by atoms with E-state index >= 15 is 0 Å². The van der Waals surface area contributed by atoms with Crippen LogP contribution < -0.4 is 10.2 Å². The standard InChI is InChI=1S/C16H26BrN3/c1-12-5-8-18-15(14(12)17)20-9-6-13(7-10-20)11-19-16(2,3)4/h5,8,13,19H,6-7,9-11H2,1-4H3. The number of pyridine rings is 1. The van der Waals surface area contributed by atoms with Crippen LogP contribution in [0.25, 0.3) is 0 Å². The highest BCUT2D eigenvalue weighted by Gasteiger charge is 2.23. The largest absolute Gasteiger partial charge is 0.356 e. The smallest absolute Gasteiger partial charge is 0.143 e. The molecule has 0 saturated carbocycles. The molecule has 1 aromatic rings. The van der Waals surface area contributed by atoms with Crippen molar-refractivity contribution in [2.45, 2.75) is 46.1 Å². The zero-order chi connectivity index (χ0) is 14.8. The van der Waals surface area contributed by atoms with E-state index in [1.165, 1.54) is 18.4 Å². The van der Waals surface area contributed by atoms with Crippen molar-refractivity contribution in [2.24, 2.45) is 5.92 Å². The van der Waals surface area contributed by atoms with Crippen LogP contribution in [0.15, 0.2) is 16.7 Å². The molecule has 1 aromatic heterocycles. The van der Waals surface area contributed by atoms with Crippen molar-refractivity contribution in [2.75, 3.05) is 24.5 Å². The van der Waals surface area contributed by atoms with E-state index in [-0.39, 0.29) is 5.54 Å². The second kappa shape index (κ2) is 6.44. The van der Waals surface area contributed by atoms with Crippen molar-refractivity contribution >= 4 is 21.7 Å². The second-order valence-electron chi connectivity index (χ2n) is 6.83. The molecule has 20 heavy (non-hydrogen) atoms. The highest BCUT2D eigenvalue weighted by molar-refractivity contribution is 9.10. The van der Waals surface area contributed by atoms with Gasteiger partial charge in [-0.1, -0.05) is 0 Å². The van der Waals surface area contributed by atoms with Crippen LogP contribution in [-0.4, -0.2) is 30.2 Å².